The molecule has 0 spiro atoms. The van der Waals surface area contributed by atoms with Gasteiger partial charge in [-0.1, -0.05) is 12.1 Å². The number of fused-ring (bicyclic) bond motifs is 3. The molecule has 1 aliphatic rings. The standard InChI is InChI=1S/C11H8N2O2/c14-11-5-6-13-9-4-2-1-3-8(9)12-10(13)7-15-11/h1-6H,7H2. The van der Waals surface area contributed by atoms with E-state index in [4.69, 9.17) is 4.74 Å². The fourth-order valence-electron chi connectivity index (χ4n) is 1.68. The maximum Gasteiger partial charge on any atom is 0.332 e. The Morgan fingerprint density at radius 1 is 1.33 bits per heavy atom. The molecule has 2 aromatic rings. The number of hydrogen-bond donors (Lipinski definition) is 0. The van der Waals surface area contributed by atoms with E-state index < -0.39 is 0 Å². The molecule has 1 aromatic carbocycles. The maximum atomic E-state index is 11.0. The zero-order valence-corrected chi connectivity index (χ0v) is 7.88. The summed E-state index contributed by atoms with van der Waals surface area (Å²) in [5, 5.41) is 0. The second-order valence-corrected chi connectivity index (χ2v) is 3.31. The highest BCUT2D eigenvalue weighted by Crippen LogP contribution is 2.18. The lowest BCUT2D eigenvalue weighted by Gasteiger charge is -1.98. The van der Waals surface area contributed by atoms with Crippen molar-refractivity contribution in [2.45, 2.75) is 6.61 Å². The lowest BCUT2D eigenvalue weighted by Crippen LogP contribution is -2.00. The second-order valence-electron chi connectivity index (χ2n) is 3.31. The monoisotopic (exact) mass is 200 g/mol. The first-order valence-electron chi connectivity index (χ1n) is 4.65. The highest BCUT2D eigenvalue weighted by Gasteiger charge is 2.13. The van der Waals surface area contributed by atoms with Crippen LogP contribution in [0.3, 0.4) is 0 Å². The van der Waals surface area contributed by atoms with Gasteiger partial charge in [-0.05, 0) is 12.1 Å². The third-order valence-corrected chi connectivity index (χ3v) is 2.37. The van der Waals surface area contributed by atoms with Crippen molar-refractivity contribution in [1.29, 1.82) is 0 Å². The molecule has 0 radical (unpaired) electrons. The third kappa shape index (κ3) is 1.22. The topological polar surface area (TPSA) is 44.1 Å². The molecule has 15 heavy (non-hydrogen) atoms. The number of carbonyl (C=O) groups excluding carboxylic acids is 1. The molecule has 0 amide bonds. The van der Waals surface area contributed by atoms with E-state index in [1.165, 1.54) is 6.08 Å². The normalized spacial score (nSPS) is 14.8. The fourth-order valence-corrected chi connectivity index (χ4v) is 1.68. The summed E-state index contributed by atoms with van der Waals surface area (Å²) in [5.41, 5.74) is 1.90. The molecule has 0 aliphatic carbocycles. The highest BCUT2D eigenvalue weighted by molar-refractivity contribution is 5.87. The van der Waals surface area contributed by atoms with E-state index in [0.29, 0.717) is 0 Å². The summed E-state index contributed by atoms with van der Waals surface area (Å²) in [5.74, 6) is 0.419. The number of cyclic esters (lactones) is 1. The minimum absolute atomic E-state index is 0.223. The van der Waals surface area contributed by atoms with Crippen LogP contribution in [0.4, 0.5) is 0 Å². The van der Waals surface area contributed by atoms with Crippen LogP contribution in [0.25, 0.3) is 17.2 Å². The summed E-state index contributed by atoms with van der Waals surface area (Å²) in [6.07, 6.45) is 3.10. The number of carbonyl (C=O) groups is 1. The molecule has 74 valence electrons. The summed E-state index contributed by atoms with van der Waals surface area (Å²) in [4.78, 5) is 15.4. The zero-order valence-electron chi connectivity index (χ0n) is 7.88. The first kappa shape index (κ1) is 8.23. The molecule has 0 saturated heterocycles. The quantitative estimate of drug-likeness (QED) is 0.606. The SMILES string of the molecule is O=C1C=Cn2c(nc3ccccc32)CO1. The van der Waals surface area contributed by atoms with E-state index in [0.717, 1.165) is 16.9 Å². The van der Waals surface area contributed by atoms with Gasteiger partial charge in [-0.15, -0.1) is 0 Å². The predicted molar refractivity (Wildman–Crippen MR) is 54.9 cm³/mol. The van der Waals surface area contributed by atoms with Gasteiger partial charge in [0.25, 0.3) is 0 Å². The van der Waals surface area contributed by atoms with Crippen LogP contribution in [0.15, 0.2) is 30.3 Å². The Labute approximate surface area is 85.8 Å². The van der Waals surface area contributed by atoms with Gasteiger partial charge >= 0.3 is 5.97 Å². The summed E-state index contributed by atoms with van der Waals surface area (Å²) < 4.78 is 6.83. The van der Waals surface area contributed by atoms with Gasteiger partial charge in [-0.3, -0.25) is 4.57 Å². The Morgan fingerprint density at radius 3 is 3.13 bits per heavy atom. The first-order valence-corrected chi connectivity index (χ1v) is 4.65. The molecular formula is C11H8N2O2. The average Bonchev–Trinajstić information content (AvgIpc) is 2.51. The Hall–Kier alpha value is -2.10. The molecule has 0 saturated carbocycles. The Bertz CT molecular complexity index is 569. The van der Waals surface area contributed by atoms with E-state index in [1.54, 1.807) is 6.20 Å². The number of aromatic nitrogens is 2. The minimum Gasteiger partial charge on any atom is -0.454 e. The van der Waals surface area contributed by atoms with Crippen LogP contribution in [0.1, 0.15) is 5.82 Å². The van der Waals surface area contributed by atoms with Gasteiger partial charge < -0.3 is 4.74 Å². The van der Waals surface area contributed by atoms with E-state index >= 15 is 0 Å². The number of para-hydroxylation sites is 2. The largest absolute Gasteiger partial charge is 0.454 e. The predicted octanol–water partition coefficient (Wildman–Crippen LogP) is 1.56. The smallest absolute Gasteiger partial charge is 0.332 e. The van der Waals surface area contributed by atoms with Crippen molar-refractivity contribution in [1.82, 2.24) is 9.55 Å². The van der Waals surface area contributed by atoms with Crippen molar-refractivity contribution in [3.05, 3.63) is 36.2 Å². The molecule has 0 bridgehead atoms. The van der Waals surface area contributed by atoms with Crippen LogP contribution in [-0.2, 0) is 16.1 Å². The average molecular weight is 200 g/mol. The molecule has 4 nitrogen and oxygen atoms in total. The first-order chi connectivity index (χ1) is 7.34. The van der Waals surface area contributed by atoms with E-state index in [1.807, 2.05) is 28.8 Å². The number of hydrogen-bond acceptors (Lipinski definition) is 3. The number of benzene rings is 1. The number of esters is 1. The van der Waals surface area contributed by atoms with Gasteiger partial charge in [0.15, 0.2) is 5.82 Å². The summed E-state index contributed by atoms with van der Waals surface area (Å²) >= 11 is 0. The van der Waals surface area contributed by atoms with E-state index in [2.05, 4.69) is 4.98 Å². The van der Waals surface area contributed by atoms with Crippen molar-refractivity contribution in [3.8, 4) is 0 Å². The van der Waals surface area contributed by atoms with Crippen LogP contribution in [-0.4, -0.2) is 15.5 Å². The molecule has 0 fully saturated rings. The molecule has 2 heterocycles. The summed E-state index contributed by atoms with van der Waals surface area (Å²) in [6, 6.07) is 7.78. The molecule has 1 aromatic heterocycles. The van der Waals surface area contributed by atoms with E-state index in [-0.39, 0.29) is 12.6 Å². The van der Waals surface area contributed by atoms with Crippen molar-refractivity contribution >= 4 is 23.2 Å². The number of imidazole rings is 1. The van der Waals surface area contributed by atoms with Crippen molar-refractivity contribution < 1.29 is 9.53 Å². The highest BCUT2D eigenvalue weighted by atomic mass is 16.5. The van der Waals surface area contributed by atoms with Crippen molar-refractivity contribution in [2.24, 2.45) is 0 Å². The molecular weight excluding hydrogens is 192 g/mol. The zero-order chi connectivity index (χ0) is 10.3. The molecule has 0 atom stereocenters. The number of rotatable bonds is 0. The molecule has 4 heteroatoms. The van der Waals surface area contributed by atoms with Crippen LogP contribution in [0.5, 0.6) is 0 Å². The van der Waals surface area contributed by atoms with Gasteiger partial charge in [0, 0.05) is 12.3 Å². The minimum atomic E-state index is -0.329. The number of ether oxygens (including phenoxy) is 1. The second kappa shape index (κ2) is 2.95. The fraction of sp³-hybridized carbons (Fsp3) is 0.0909. The lowest BCUT2D eigenvalue weighted by atomic mass is 10.3. The van der Waals surface area contributed by atoms with Gasteiger partial charge in [0.1, 0.15) is 6.61 Å². The van der Waals surface area contributed by atoms with Gasteiger partial charge in [-0.2, -0.15) is 0 Å². The molecule has 0 unspecified atom stereocenters. The molecule has 1 aliphatic heterocycles. The Morgan fingerprint density at radius 2 is 2.20 bits per heavy atom. The van der Waals surface area contributed by atoms with E-state index in [9.17, 15) is 4.79 Å². The maximum absolute atomic E-state index is 11.0. The Balaban J connectivity index is 2.30. The van der Waals surface area contributed by atoms with Crippen molar-refractivity contribution in [2.75, 3.05) is 0 Å². The lowest BCUT2D eigenvalue weighted by molar-refractivity contribution is -0.138. The van der Waals surface area contributed by atoms with Crippen LogP contribution < -0.4 is 0 Å². The Kier molecular flexibility index (Phi) is 1.62. The summed E-state index contributed by atoms with van der Waals surface area (Å²) in [6.45, 7) is 0.223. The summed E-state index contributed by atoms with van der Waals surface area (Å²) in [7, 11) is 0. The van der Waals surface area contributed by atoms with Crippen LogP contribution in [0, 0.1) is 0 Å². The van der Waals surface area contributed by atoms with Gasteiger partial charge in [-0.25, -0.2) is 9.78 Å². The number of nitrogens with zero attached hydrogens (tertiary/aromatic N) is 2. The third-order valence-electron chi connectivity index (χ3n) is 2.37. The van der Waals surface area contributed by atoms with Gasteiger partial charge in [0.2, 0.25) is 0 Å². The van der Waals surface area contributed by atoms with Gasteiger partial charge in [0.05, 0.1) is 11.0 Å². The van der Waals surface area contributed by atoms with Crippen molar-refractivity contribution in [3.63, 3.8) is 0 Å². The molecule has 3 rings (SSSR count). The molecule has 0 N–H and O–H groups in total. The van der Waals surface area contributed by atoms with Crippen LogP contribution >= 0.6 is 0 Å². The van der Waals surface area contributed by atoms with Crippen LogP contribution in [0.2, 0.25) is 0 Å².